The molecule has 14 heteroatoms. The Morgan fingerprint density at radius 1 is 1.24 bits per heavy atom. The number of rotatable bonds is 5. The molecular formula is C20H12Cl2F4N4O4. The number of hydrogen-bond donors (Lipinski definition) is 3. The van der Waals surface area contributed by atoms with Gasteiger partial charge in [0.15, 0.2) is 17.4 Å². The molecule has 0 aliphatic carbocycles. The third-order valence-electron chi connectivity index (χ3n) is 3.74. The highest BCUT2D eigenvalue weighted by Gasteiger charge is 2.38. The minimum absolute atomic E-state index is 0.0343. The van der Waals surface area contributed by atoms with E-state index in [2.05, 4.69) is 15.3 Å². The van der Waals surface area contributed by atoms with Crippen LogP contribution in [0.3, 0.4) is 0 Å². The average molecular weight is 519 g/mol. The number of amides is 1. The van der Waals surface area contributed by atoms with Crippen LogP contribution in [-0.2, 0) is 11.3 Å². The number of carbonyl (C=O) groups excluding carboxylic acids is 1. The van der Waals surface area contributed by atoms with E-state index >= 15 is 0 Å². The number of ether oxygens (including phenoxy) is 1. The Morgan fingerprint density at radius 2 is 1.91 bits per heavy atom. The molecule has 2 aromatic carbocycles. The zero-order valence-corrected chi connectivity index (χ0v) is 18.1. The number of nitrogens with zero attached hydrogens (tertiary/aromatic N) is 2. The Bertz CT molecular complexity index is 1230. The van der Waals surface area contributed by atoms with Crippen LogP contribution in [0.4, 0.5) is 17.6 Å². The number of aliphatic carboxylic acids is 1. The van der Waals surface area contributed by atoms with E-state index in [4.69, 9.17) is 43.1 Å². The quantitative estimate of drug-likeness (QED) is 0.404. The van der Waals surface area contributed by atoms with Crippen molar-refractivity contribution in [3.8, 4) is 17.6 Å². The summed E-state index contributed by atoms with van der Waals surface area (Å²) in [5.74, 6) is -3.92. The van der Waals surface area contributed by atoms with E-state index in [-0.39, 0.29) is 45.0 Å². The lowest BCUT2D eigenvalue weighted by Crippen LogP contribution is -2.24. The lowest BCUT2D eigenvalue weighted by atomic mass is 10.2. The molecule has 3 N–H and O–H groups in total. The van der Waals surface area contributed by atoms with Crippen LogP contribution in [0.25, 0.3) is 0 Å². The molecule has 1 heterocycles. The summed E-state index contributed by atoms with van der Waals surface area (Å²) in [6.07, 6.45) is -2.14. The molecule has 0 aliphatic heterocycles. The van der Waals surface area contributed by atoms with Crippen molar-refractivity contribution in [2.45, 2.75) is 12.7 Å². The summed E-state index contributed by atoms with van der Waals surface area (Å²) in [6, 6.07) is 9.11. The molecule has 0 saturated heterocycles. The Balaban J connectivity index is 0.000000509. The van der Waals surface area contributed by atoms with Crippen molar-refractivity contribution in [2.24, 2.45) is 0 Å². The van der Waals surface area contributed by atoms with Crippen molar-refractivity contribution < 1.29 is 37.0 Å². The van der Waals surface area contributed by atoms with E-state index in [0.717, 1.165) is 0 Å². The molecule has 0 saturated carbocycles. The number of nitriles is 1. The van der Waals surface area contributed by atoms with E-state index in [0.29, 0.717) is 0 Å². The lowest BCUT2D eigenvalue weighted by molar-refractivity contribution is -0.192. The predicted molar refractivity (Wildman–Crippen MR) is 111 cm³/mol. The van der Waals surface area contributed by atoms with Gasteiger partial charge in [0, 0.05) is 29.5 Å². The molecule has 0 unspecified atom stereocenters. The molecule has 0 aliphatic rings. The van der Waals surface area contributed by atoms with Crippen molar-refractivity contribution >= 4 is 35.1 Å². The Kier molecular flexibility index (Phi) is 8.83. The number of carboxylic acid groups (broad SMARTS) is 1. The van der Waals surface area contributed by atoms with Crippen molar-refractivity contribution in [3.05, 3.63) is 75.5 Å². The van der Waals surface area contributed by atoms with Crippen LogP contribution >= 0.6 is 23.2 Å². The van der Waals surface area contributed by atoms with Gasteiger partial charge >= 0.3 is 12.1 Å². The van der Waals surface area contributed by atoms with Crippen LogP contribution in [0.15, 0.2) is 42.7 Å². The largest absolute Gasteiger partial charge is 0.490 e. The van der Waals surface area contributed by atoms with Gasteiger partial charge in [-0.2, -0.15) is 18.4 Å². The van der Waals surface area contributed by atoms with Crippen LogP contribution < -0.4 is 10.1 Å². The van der Waals surface area contributed by atoms with Gasteiger partial charge in [-0.15, -0.1) is 0 Å². The number of aromatic amines is 1. The van der Waals surface area contributed by atoms with Crippen molar-refractivity contribution in [3.63, 3.8) is 0 Å². The Morgan fingerprint density at radius 3 is 2.47 bits per heavy atom. The molecular weight excluding hydrogens is 507 g/mol. The minimum atomic E-state index is -5.08. The molecule has 1 aromatic heterocycles. The predicted octanol–water partition coefficient (Wildman–Crippen LogP) is 5.08. The van der Waals surface area contributed by atoms with Gasteiger partial charge in [0.1, 0.15) is 5.75 Å². The van der Waals surface area contributed by atoms with Crippen LogP contribution in [-0.4, -0.2) is 33.1 Å². The van der Waals surface area contributed by atoms with Gasteiger partial charge in [-0.3, -0.25) is 4.79 Å². The number of imidazole rings is 1. The fourth-order valence-electron chi connectivity index (χ4n) is 2.26. The fourth-order valence-corrected chi connectivity index (χ4v) is 2.67. The molecule has 3 rings (SSSR count). The number of nitrogens with one attached hydrogen (secondary N) is 2. The first-order valence-electron chi connectivity index (χ1n) is 8.85. The summed E-state index contributed by atoms with van der Waals surface area (Å²) in [4.78, 5) is 27.3. The molecule has 0 fully saturated rings. The Hall–Kier alpha value is -3.82. The second-order valence-electron chi connectivity index (χ2n) is 6.16. The molecule has 34 heavy (non-hydrogen) atoms. The van der Waals surface area contributed by atoms with Gasteiger partial charge < -0.3 is 20.1 Å². The van der Waals surface area contributed by atoms with Gasteiger partial charge in [0.2, 0.25) is 0 Å². The number of carboxylic acids is 1. The zero-order chi connectivity index (χ0) is 25.5. The number of halogens is 6. The number of aromatic nitrogens is 2. The molecule has 178 valence electrons. The second kappa shape index (κ2) is 11.4. The van der Waals surface area contributed by atoms with Crippen molar-refractivity contribution in [2.75, 3.05) is 0 Å². The SMILES string of the molecule is N#Cc1cc(Cl)cc(Oc2c(Cl)ccc(CNC(=O)c3ncc[nH]3)c2F)c1.O=C(O)C(F)(F)F. The maximum absolute atomic E-state index is 14.8. The summed E-state index contributed by atoms with van der Waals surface area (Å²) in [5.41, 5.74) is 0.424. The van der Waals surface area contributed by atoms with Gasteiger partial charge in [0.05, 0.1) is 16.7 Å². The molecule has 1 amide bonds. The van der Waals surface area contributed by atoms with Crippen LogP contribution in [0.2, 0.25) is 10.0 Å². The molecule has 0 bridgehead atoms. The highest BCUT2D eigenvalue weighted by molar-refractivity contribution is 6.32. The van der Waals surface area contributed by atoms with Gasteiger partial charge in [-0.25, -0.2) is 14.2 Å². The highest BCUT2D eigenvalue weighted by atomic mass is 35.5. The number of benzene rings is 2. The first-order valence-corrected chi connectivity index (χ1v) is 9.61. The van der Waals surface area contributed by atoms with E-state index in [1.165, 1.54) is 42.7 Å². The summed E-state index contributed by atoms with van der Waals surface area (Å²) in [6.45, 7) is -0.0993. The smallest absolute Gasteiger partial charge is 0.475 e. The average Bonchev–Trinajstić information content (AvgIpc) is 3.30. The fraction of sp³-hybridized carbons (Fsp3) is 0.100. The standard InChI is InChI=1S/C18H11Cl2FN4O2.C2HF3O2/c19-12-5-10(8-22)6-13(7-12)27-16-14(20)2-1-11(15(16)21)9-25-18(26)17-23-3-4-24-17;3-2(4,5)1(6)7/h1-7H,9H2,(H,23,24)(H,25,26);(H,6,7). The lowest BCUT2D eigenvalue weighted by Gasteiger charge is -2.13. The van der Waals surface area contributed by atoms with Crippen LogP contribution in [0.5, 0.6) is 11.5 Å². The first kappa shape index (κ1) is 26.4. The molecule has 0 spiro atoms. The third kappa shape index (κ3) is 7.36. The third-order valence-corrected chi connectivity index (χ3v) is 4.26. The monoisotopic (exact) mass is 518 g/mol. The number of hydrogen-bond acceptors (Lipinski definition) is 5. The number of alkyl halides is 3. The van der Waals surface area contributed by atoms with E-state index < -0.39 is 23.9 Å². The summed E-state index contributed by atoms with van der Waals surface area (Å²) in [5, 5.41) is 19.0. The first-order chi connectivity index (χ1) is 15.9. The van der Waals surface area contributed by atoms with E-state index in [1.54, 1.807) is 0 Å². The molecule has 8 nitrogen and oxygen atoms in total. The van der Waals surface area contributed by atoms with Crippen LogP contribution in [0.1, 0.15) is 21.7 Å². The highest BCUT2D eigenvalue weighted by Crippen LogP contribution is 2.35. The molecule has 3 aromatic rings. The van der Waals surface area contributed by atoms with E-state index in [9.17, 15) is 22.4 Å². The normalized spacial score (nSPS) is 10.5. The van der Waals surface area contributed by atoms with E-state index in [1.807, 2.05) is 6.07 Å². The zero-order valence-electron chi connectivity index (χ0n) is 16.6. The minimum Gasteiger partial charge on any atom is -0.475 e. The maximum atomic E-state index is 14.8. The topological polar surface area (TPSA) is 128 Å². The van der Waals surface area contributed by atoms with Crippen molar-refractivity contribution in [1.82, 2.24) is 15.3 Å². The summed E-state index contributed by atoms with van der Waals surface area (Å²) in [7, 11) is 0. The van der Waals surface area contributed by atoms with Gasteiger partial charge in [-0.05, 0) is 24.3 Å². The number of H-pyrrole nitrogens is 1. The Labute approximate surface area is 198 Å². The molecule has 0 atom stereocenters. The van der Waals surface area contributed by atoms with Gasteiger partial charge in [0.25, 0.3) is 5.91 Å². The summed E-state index contributed by atoms with van der Waals surface area (Å²) >= 11 is 12.0. The number of carbonyl (C=O) groups is 2. The second-order valence-corrected chi connectivity index (χ2v) is 7.01. The molecule has 0 radical (unpaired) electrons. The van der Waals surface area contributed by atoms with Crippen molar-refractivity contribution in [1.29, 1.82) is 5.26 Å². The van der Waals surface area contributed by atoms with Gasteiger partial charge in [-0.1, -0.05) is 29.3 Å². The maximum Gasteiger partial charge on any atom is 0.490 e. The summed E-state index contributed by atoms with van der Waals surface area (Å²) < 4.78 is 52.1. The van der Waals surface area contributed by atoms with Crippen LogP contribution in [0, 0.1) is 17.1 Å².